The lowest BCUT2D eigenvalue weighted by atomic mass is 10.2. The number of halogens is 2. The first kappa shape index (κ1) is 21.3. The van der Waals surface area contributed by atoms with Crippen LogP contribution in [-0.2, 0) is 14.6 Å². The molecule has 0 atom stereocenters. The normalized spacial score (nSPS) is 11.2. The number of sulfone groups is 1. The van der Waals surface area contributed by atoms with Gasteiger partial charge in [0.2, 0.25) is 15.7 Å². The van der Waals surface area contributed by atoms with Crippen LogP contribution in [0.25, 0.3) is 0 Å². The van der Waals surface area contributed by atoms with Crippen molar-refractivity contribution in [1.29, 1.82) is 0 Å². The van der Waals surface area contributed by atoms with Crippen molar-refractivity contribution in [2.24, 2.45) is 0 Å². The van der Waals surface area contributed by atoms with Crippen molar-refractivity contribution < 1.29 is 31.5 Å². The monoisotopic (exact) mass is 412 g/mol. The van der Waals surface area contributed by atoms with Crippen LogP contribution in [0.3, 0.4) is 0 Å². The van der Waals surface area contributed by atoms with Crippen molar-refractivity contribution in [3.63, 3.8) is 0 Å². The lowest BCUT2D eigenvalue weighted by molar-refractivity contribution is -0.116. The first-order valence-corrected chi connectivity index (χ1v) is 9.51. The van der Waals surface area contributed by atoms with Gasteiger partial charge in [-0.3, -0.25) is 9.59 Å². The molecule has 0 saturated carbocycles. The molecule has 0 bridgehead atoms. The summed E-state index contributed by atoms with van der Waals surface area (Å²) < 4.78 is 52.9. The van der Waals surface area contributed by atoms with E-state index in [0.717, 1.165) is 29.2 Å². The standard InChI is InChI=1S/C18H18F2N2O5S/c1-22(11-16(23)21-13-5-7-14(27-2)8-6-13)17(24)12-3-9-15(10-4-12)28(25,26)18(19)20/h3-10,18H,11H2,1-2H3,(H,21,23). The van der Waals surface area contributed by atoms with E-state index in [1.807, 2.05) is 0 Å². The van der Waals surface area contributed by atoms with Crippen LogP contribution in [0.4, 0.5) is 14.5 Å². The van der Waals surface area contributed by atoms with Gasteiger partial charge in [0, 0.05) is 18.3 Å². The molecule has 0 spiro atoms. The van der Waals surface area contributed by atoms with E-state index in [-0.39, 0.29) is 12.1 Å². The minimum atomic E-state index is -4.73. The molecule has 0 radical (unpaired) electrons. The van der Waals surface area contributed by atoms with Gasteiger partial charge in [0.05, 0.1) is 18.6 Å². The molecule has 0 aromatic heterocycles. The number of hydrogen-bond acceptors (Lipinski definition) is 5. The van der Waals surface area contributed by atoms with Crippen LogP contribution in [0.1, 0.15) is 10.4 Å². The second kappa shape index (κ2) is 8.79. The summed E-state index contributed by atoms with van der Waals surface area (Å²) in [5.74, 6) is -3.93. The van der Waals surface area contributed by atoms with Crippen LogP contribution < -0.4 is 10.1 Å². The summed E-state index contributed by atoms with van der Waals surface area (Å²) in [6.07, 6.45) is 0. The van der Waals surface area contributed by atoms with Gasteiger partial charge in [-0.25, -0.2) is 8.42 Å². The van der Waals surface area contributed by atoms with Crippen molar-refractivity contribution >= 4 is 27.3 Å². The van der Waals surface area contributed by atoms with Crippen LogP contribution in [0, 0.1) is 0 Å². The van der Waals surface area contributed by atoms with E-state index in [1.54, 1.807) is 24.3 Å². The second-order valence-electron chi connectivity index (χ2n) is 5.77. The number of hydrogen-bond donors (Lipinski definition) is 1. The molecule has 0 saturated heterocycles. The van der Waals surface area contributed by atoms with Crippen molar-refractivity contribution in [2.45, 2.75) is 10.7 Å². The molecule has 1 N–H and O–H groups in total. The van der Waals surface area contributed by atoms with Crippen LogP contribution >= 0.6 is 0 Å². The van der Waals surface area contributed by atoms with Gasteiger partial charge in [-0.05, 0) is 48.5 Å². The minimum absolute atomic E-state index is 0.0629. The molecule has 2 aromatic rings. The number of carbonyl (C=O) groups excluding carboxylic acids is 2. The fourth-order valence-electron chi connectivity index (χ4n) is 2.27. The van der Waals surface area contributed by atoms with Crippen LogP contribution in [0.15, 0.2) is 53.4 Å². The van der Waals surface area contributed by atoms with Gasteiger partial charge in [0.15, 0.2) is 0 Å². The average Bonchev–Trinajstić information content (AvgIpc) is 2.67. The molecule has 28 heavy (non-hydrogen) atoms. The predicted molar refractivity (Wildman–Crippen MR) is 98.2 cm³/mol. The van der Waals surface area contributed by atoms with Gasteiger partial charge in [-0.15, -0.1) is 0 Å². The van der Waals surface area contributed by atoms with Crippen LogP contribution in [-0.4, -0.2) is 51.6 Å². The van der Waals surface area contributed by atoms with Crippen LogP contribution in [0.2, 0.25) is 0 Å². The highest BCUT2D eigenvalue weighted by Gasteiger charge is 2.26. The smallest absolute Gasteiger partial charge is 0.341 e. The number of amides is 2. The summed E-state index contributed by atoms with van der Waals surface area (Å²) in [5.41, 5.74) is 0.584. The first-order chi connectivity index (χ1) is 13.1. The number of benzene rings is 2. The van der Waals surface area contributed by atoms with Crippen molar-refractivity contribution in [3.8, 4) is 5.75 Å². The molecule has 0 aliphatic rings. The van der Waals surface area contributed by atoms with Gasteiger partial charge in [-0.1, -0.05) is 0 Å². The quantitative estimate of drug-likeness (QED) is 0.754. The third-order valence-corrected chi connectivity index (χ3v) is 5.16. The average molecular weight is 412 g/mol. The molecule has 0 aliphatic carbocycles. The number of likely N-dealkylation sites (N-methyl/N-ethyl adjacent to an activating group) is 1. The predicted octanol–water partition coefficient (Wildman–Crippen LogP) is 2.40. The number of ether oxygens (including phenoxy) is 1. The zero-order valence-corrected chi connectivity index (χ0v) is 15.9. The lowest BCUT2D eigenvalue weighted by Crippen LogP contribution is -2.34. The third kappa shape index (κ3) is 5.03. The van der Waals surface area contributed by atoms with E-state index in [1.165, 1.54) is 14.2 Å². The Hall–Kier alpha value is -3.01. The van der Waals surface area contributed by atoms with Crippen molar-refractivity contribution in [2.75, 3.05) is 26.0 Å². The molecule has 0 unspecified atom stereocenters. The molecule has 2 amide bonds. The molecule has 0 heterocycles. The number of methoxy groups -OCH3 is 1. The van der Waals surface area contributed by atoms with E-state index >= 15 is 0 Å². The zero-order valence-electron chi connectivity index (χ0n) is 15.1. The number of carbonyl (C=O) groups is 2. The molecule has 10 heteroatoms. The Bertz CT molecular complexity index is 945. The minimum Gasteiger partial charge on any atom is -0.497 e. The van der Waals surface area contributed by atoms with Gasteiger partial charge in [-0.2, -0.15) is 8.78 Å². The van der Waals surface area contributed by atoms with Gasteiger partial charge >= 0.3 is 5.76 Å². The lowest BCUT2D eigenvalue weighted by Gasteiger charge is -2.17. The van der Waals surface area contributed by atoms with Gasteiger partial charge in [0.1, 0.15) is 5.75 Å². The molecule has 0 aliphatic heterocycles. The maximum absolute atomic E-state index is 12.5. The highest BCUT2D eigenvalue weighted by Crippen LogP contribution is 2.19. The summed E-state index contributed by atoms with van der Waals surface area (Å²) in [4.78, 5) is 25.0. The van der Waals surface area contributed by atoms with Gasteiger partial charge in [0.25, 0.3) is 5.91 Å². The summed E-state index contributed by atoms with van der Waals surface area (Å²) in [5, 5.41) is 2.62. The van der Waals surface area contributed by atoms with Crippen molar-refractivity contribution in [1.82, 2.24) is 4.90 Å². The highest BCUT2D eigenvalue weighted by atomic mass is 32.2. The Morgan fingerprint density at radius 1 is 1.07 bits per heavy atom. The van der Waals surface area contributed by atoms with E-state index in [2.05, 4.69) is 5.32 Å². The van der Waals surface area contributed by atoms with E-state index < -0.39 is 32.3 Å². The molecular weight excluding hydrogens is 394 g/mol. The number of nitrogens with zero attached hydrogens (tertiary/aromatic N) is 1. The fraction of sp³-hybridized carbons (Fsp3) is 0.222. The summed E-state index contributed by atoms with van der Waals surface area (Å²) in [7, 11) is -1.82. The fourth-order valence-corrected chi connectivity index (χ4v) is 2.99. The Labute approximate surface area is 160 Å². The highest BCUT2D eigenvalue weighted by molar-refractivity contribution is 7.91. The van der Waals surface area contributed by atoms with E-state index in [0.29, 0.717) is 11.4 Å². The maximum atomic E-state index is 12.5. The molecule has 0 fully saturated rings. The number of anilines is 1. The molecule has 7 nitrogen and oxygen atoms in total. The largest absolute Gasteiger partial charge is 0.497 e. The maximum Gasteiger partial charge on any atom is 0.341 e. The van der Waals surface area contributed by atoms with Crippen molar-refractivity contribution in [3.05, 3.63) is 54.1 Å². The number of rotatable bonds is 7. The zero-order chi connectivity index (χ0) is 20.9. The number of alkyl halides is 2. The Balaban J connectivity index is 2.00. The molecule has 2 aromatic carbocycles. The van der Waals surface area contributed by atoms with E-state index in [4.69, 9.17) is 4.74 Å². The summed E-state index contributed by atoms with van der Waals surface area (Å²) >= 11 is 0. The SMILES string of the molecule is COc1ccc(NC(=O)CN(C)C(=O)c2ccc(S(=O)(=O)C(F)F)cc2)cc1. The third-order valence-electron chi connectivity index (χ3n) is 3.77. The topological polar surface area (TPSA) is 92.8 Å². The first-order valence-electron chi connectivity index (χ1n) is 7.96. The Morgan fingerprint density at radius 3 is 2.14 bits per heavy atom. The number of nitrogens with one attached hydrogen (secondary N) is 1. The summed E-state index contributed by atoms with van der Waals surface area (Å²) in [6, 6.07) is 10.7. The Kier molecular flexibility index (Phi) is 6.68. The summed E-state index contributed by atoms with van der Waals surface area (Å²) in [6.45, 7) is -0.262. The van der Waals surface area contributed by atoms with E-state index in [9.17, 15) is 26.8 Å². The molecule has 150 valence electrons. The Morgan fingerprint density at radius 2 is 1.64 bits per heavy atom. The molecular formula is C18H18F2N2O5S. The van der Waals surface area contributed by atoms with Gasteiger partial charge < -0.3 is 15.0 Å². The second-order valence-corrected chi connectivity index (χ2v) is 7.69. The van der Waals surface area contributed by atoms with Crippen LogP contribution in [0.5, 0.6) is 5.75 Å². The molecule has 2 rings (SSSR count).